The van der Waals surface area contributed by atoms with Crippen LogP contribution in [0.1, 0.15) is 12.8 Å². The number of fused-ring (bicyclic) bond motifs is 2. The van der Waals surface area contributed by atoms with E-state index in [-0.39, 0.29) is 6.10 Å². The van der Waals surface area contributed by atoms with Crippen LogP contribution in [0.2, 0.25) is 0 Å². The van der Waals surface area contributed by atoms with Crippen LogP contribution in [0, 0.1) is 0 Å². The number of nitrogens with one attached hydrogen (secondary N) is 3. The highest BCUT2D eigenvalue weighted by Crippen LogP contribution is 2.28. The number of hydrogen-bond acceptors (Lipinski definition) is 6. The minimum Gasteiger partial charge on any atom is -0.376 e. The van der Waals surface area contributed by atoms with Gasteiger partial charge in [-0.3, -0.25) is 5.10 Å². The minimum absolute atomic E-state index is 0.283. The molecule has 1 atom stereocenters. The van der Waals surface area contributed by atoms with Crippen LogP contribution in [0.3, 0.4) is 0 Å². The Morgan fingerprint density at radius 3 is 3.04 bits per heavy atom. The van der Waals surface area contributed by atoms with Crippen LogP contribution in [0.25, 0.3) is 21.8 Å². The van der Waals surface area contributed by atoms with E-state index in [1.807, 2.05) is 30.5 Å². The van der Waals surface area contributed by atoms with E-state index in [9.17, 15) is 0 Å². The van der Waals surface area contributed by atoms with E-state index in [0.29, 0.717) is 5.65 Å². The largest absolute Gasteiger partial charge is 0.376 e. The van der Waals surface area contributed by atoms with Crippen molar-refractivity contribution in [2.45, 2.75) is 18.9 Å². The van der Waals surface area contributed by atoms with Crippen LogP contribution in [0.4, 0.5) is 17.3 Å². The van der Waals surface area contributed by atoms with Gasteiger partial charge in [-0.15, -0.1) is 0 Å². The lowest BCUT2D eigenvalue weighted by Crippen LogP contribution is -2.19. The van der Waals surface area contributed by atoms with Crippen molar-refractivity contribution in [1.82, 2.24) is 20.2 Å². The molecule has 0 amide bonds. The molecule has 136 valence electrons. The van der Waals surface area contributed by atoms with E-state index in [4.69, 9.17) is 4.74 Å². The molecule has 0 aliphatic carbocycles. The zero-order valence-corrected chi connectivity index (χ0v) is 14.8. The molecule has 7 heteroatoms. The Balaban J connectivity index is 1.40. The van der Waals surface area contributed by atoms with Gasteiger partial charge in [-0.25, -0.2) is 9.97 Å². The molecule has 0 spiro atoms. The predicted molar refractivity (Wildman–Crippen MR) is 106 cm³/mol. The first kappa shape index (κ1) is 16.0. The van der Waals surface area contributed by atoms with Crippen LogP contribution in [0.15, 0.2) is 48.8 Å². The number of aromatic nitrogens is 4. The van der Waals surface area contributed by atoms with Gasteiger partial charge in [0.1, 0.15) is 11.6 Å². The average molecular weight is 360 g/mol. The van der Waals surface area contributed by atoms with Gasteiger partial charge >= 0.3 is 0 Å². The monoisotopic (exact) mass is 360 g/mol. The van der Waals surface area contributed by atoms with Gasteiger partial charge in [0.05, 0.1) is 11.5 Å². The molecule has 27 heavy (non-hydrogen) atoms. The molecule has 0 radical (unpaired) electrons. The molecule has 3 N–H and O–H groups in total. The van der Waals surface area contributed by atoms with Crippen molar-refractivity contribution < 1.29 is 4.74 Å². The summed E-state index contributed by atoms with van der Waals surface area (Å²) in [5.41, 5.74) is 1.68. The fourth-order valence-electron chi connectivity index (χ4n) is 3.50. The minimum atomic E-state index is 0.283. The SMILES string of the molecule is c1cnc2n[nH]c(Nc3ccc4c(NC[C@H]5CCCO5)nccc4c3)c2c1. The number of ether oxygens (including phenoxy) is 1. The van der Waals surface area contributed by atoms with Gasteiger partial charge in [-0.2, -0.15) is 5.10 Å². The molecule has 1 fully saturated rings. The van der Waals surface area contributed by atoms with Gasteiger partial charge < -0.3 is 15.4 Å². The highest BCUT2D eigenvalue weighted by molar-refractivity contribution is 5.95. The Morgan fingerprint density at radius 2 is 2.11 bits per heavy atom. The first-order valence-electron chi connectivity index (χ1n) is 9.17. The number of anilines is 3. The summed E-state index contributed by atoms with van der Waals surface area (Å²) in [7, 11) is 0. The van der Waals surface area contributed by atoms with Gasteiger partial charge in [-0.1, -0.05) is 0 Å². The smallest absolute Gasteiger partial charge is 0.183 e. The first-order valence-corrected chi connectivity index (χ1v) is 9.17. The van der Waals surface area contributed by atoms with E-state index in [1.165, 1.54) is 0 Å². The van der Waals surface area contributed by atoms with Crippen LogP contribution >= 0.6 is 0 Å². The molecular formula is C20H20N6O. The lowest BCUT2D eigenvalue weighted by atomic mass is 10.1. The van der Waals surface area contributed by atoms with Crippen molar-refractivity contribution in [2.24, 2.45) is 0 Å². The molecule has 0 saturated carbocycles. The molecule has 0 bridgehead atoms. The third-order valence-electron chi connectivity index (χ3n) is 4.88. The maximum atomic E-state index is 5.68. The number of H-pyrrole nitrogens is 1. The third-order valence-corrected chi connectivity index (χ3v) is 4.88. The van der Waals surface area contributed by atoms with Gasteiger partial charge in [0.15, 0.2) is 5.65 Å². The van der Waals surface area contributed by atoms with Crippen molar-refractivity contribution in [2.75, 3.05) is 23.8 Å². The highest BCUT2D eigenvalue weighted by Gasteiger charge is 2.15. The molecule has 4 heterocycles. The maximum Gasteiger partial charge on any atom is 0.183 e. The molecule has 4 aromatic rings. The van der Waals surface area contributed by atoms with E-state index in [2.05, 4.69) is 42.9 Å². The van der Waals surface area contributed by atoms with E-state index in [1.54, 1.807) is 6.20 Å². The van der Waals surface area contributed by atoms with Crippen LogP contribution in [0.5, 0.6) is 0 Å². The van der Waals surface area contributed by atoms with Gasteiger partial charge in [0, 0.05) is 36.6 Å². The number of benzene rings is 1. The zero-order valence-electron chi connectivity index (χ0n) is 14.8. The Kier molecular flexibility index (Phi) is 4.06. The van der Waals surface area contributed by atoms with E-state index >= 15 is 0 Å². The summed E-state index contributed by atoms with van der Waals surface area (Å²) >= 11 is 0. The van der Waals surface area contributed by atoms with E-state index < -0.39 is 0 Å². The second-order valence-electron chi connectivity index (χ2n) is 6.71. The normalized spacial score (nSPS) is 16.8. The van der Waals surface area contributed by atoms with Gasteiger partial charge in [0.2, 0.25) is 0 Å². The topological polar surface area (TPSA) is 87.8 Å². The summed E-state index contributed by atoms with van der Waals surface area (Å²) in [6.07, 6.45) is 6.10. The second-order valence-corrected chi connectivity index (χ2v) is 6.71. The molecule has 0 unspecified atom stereocenters. The Bertz CT molecular complexity index is 1090. The number of rotatable bonds is 5. The number of aromatic amines is 1. The van der Waals surface area contributed by atoms with Crippen molar-refractivity contribution in [3.05, 3.63) is 48.8 Å². The molecule has 1 aliphatic heterocycles. The Morgan fingerprint density at radius 1 is 1.11 bits per heavy atom. The van der Waals surface area contributed by atoms with Gasteiger partial charge in [-0.05, 0) is 54.6 Å². The zero-order chi connectivity index (χ0) is 18.1. The lowest BCUT2D eigenvalue weighted by molar-refractivity contribution is 0.120. The van der Waals surface area contributed by atoms with E-state index in [0.717, 1.165) is 59.5 Å². The molecule has 1 aromatic carbocycles. The predicted octanol–water partition coefficient (Wildman–Crippen LogP) is 3.84. The summed E-state index contributed by atoms with van der Waals surface area (Å²) in [4.78, 5) is 8.75. The molecule has 5 rings (SSSR count). The molecular weight excluding hydrogens is 340 g/mol. The number of nitrogens with zero attached hydrogens (tertiary/aromatic N) is 3. The summed E-state index contributed by atoms with van der Waals surface area (Å²) in [5, 5.41) is 17.2. The highest BCUT2D eigenvalue weighted by atomic mass is 16.5. The molecule has 7 nitrogen and oxygen atoms in total. The molecule has 1 aliphatic rings. The summed E-state index contributed by atoms with van der Waals surface area (Å²) in [6.45, 7) is 1.65. The number of hydrogen-bond donors (Lipinski definition) is 3. The van der Waals surface area contributed by atoms with Crippen molar-refractivity contribution >= 4 is 39.1 Å². The standard InChI is InChI=1S/C20H20N6O/c1-4-17-19(21-8-1)25-26-20(17)24-14-5-6-16-13(11-14)7-9-22-18(16)23-12-15-3-2-10-27-15/h1,4-9,11,15H,2-3,10,12H2,(H,22,23)(H2,21,24,25,26)/t15-/m1/s1. The molecule has 1 saturated heterocycles. The van der Waals surface area contributed by atoms with Crippen LogP contribution < -0.4 is 10.6 Å². The number of pyridine rings is 2. The molecule has 3 aromatic heterocycles. The first-order chi connectivity index (χ1) is 13.4. The summed E-state index contributed by atoms with van der Waals surface area (Å²) in [5.74, 6) is 1.73. The third kappa shape index (κ3) is 3.17. The maximum absolute atomic E-state index is 5.68. The Hall–Kier alpha value is -3.19. The fourth-order valence-corrected chi connectivity index (χ4v) is 3.50. The van der Waals surface area contributed by atoms with Crippen molar-refractivity contribution in [3.8, 4) is 0 Å². The lowest BCUT2D eigenvalue weighted by Gasteiger charge is -2.13. The quantitative estimate of drug-likeness (QED) is 0.501. The summed E-state index contributed by atoms with van der Waals surface area (Å²) in [6, 6.07) is 12.2. The second kappa shape index (κ2) is 6.85. The van der Waals surface area contributed by atoms with Crippen LogP contribution in [-0.2, 0) is 4.74 Å². The van der Waals surface area contributed by atoms with Crippen molar-refractivity contribution in [1.29, 1.82) is 0 Å². The van der Waals surface area contributed by atoms with Gasteiger partial charge in [0.25, 0.3) is 0 Å². The average Bonchev–Trinajstić information content (AvgIpc) is 3.36. The fraction of sp³-hybridized carbons (Fsp3) is 0.250. The van der Waals surface area contributed by atoms with Crippen molar-refractivity contribution in [3.63, 3.8) is 0 Å². The van der Waals surface area contributed by atoms with Crippen LogP contribution in [-0.4, -0.2) is 39.4 Å². The summed E-state index contributed by atoms with van der Waals surface area (Å²) < 4.78 is 5.68. The Labute approximate surface area is 156 Å².